The molecule has 0 spiro atoms. The Morgan fingerprint density at radius 2 is 2.19 bits per heavy atom. The summed E-state index contributed by atoms with van der Waals surface area (Å²) in [5, 5.41) is 8.92. The predicted octanol–water partition coefficient (Wildman–Crippen LogP) is 1.27. The summed E-state index contributed by atoms with van der Waals surface area (Å²) in [7, 11) is -2.26. The zero-order chi connectivity index (χ0) is 15.8. The van der Waals surface area contributed by atoms with Crippen molar-refractivity contribution in [2.75, 3.05) is 20.1 Å². The van der Waals surface area contributed by atoms with Gasteiger partial charge in [0.05, 0.1) is 5.56 Å². The van der Waals surface area contributed by atoms with Gasteiger partial charge in [-0.05, 0) is 32.1 Å². The third-order valence-electron chi connectivity index (χ3n) is 3.24. The number of benzene rings is 1. The van der Waals surface area contributed by atoms with Crippen molar-refractivity contribution >= 4 is 31.9 Å². The Bertz CT molecular complexity index is 680. The SMILES string of the molecule is CN1CCC(NS(=O)(=O)c2cc(Br)cc(C(=O)O)c2F)C1. The molecule has 2 rings (SSSR count). The third-order valence-corrected chi connectivity index (χ3v) is 5.21. The summed E-state index contributed by atoms with van der Waals surface area (Å²) in [5.74, 6) is -2.78. The van der Waals surface area contributed by atoms with E-state index in [-0.39, 0.29) is 10.5 Å². The Balaban J connectivity index is 2.38. The molecule has 1 aromatic carbocycles. The normalized spacial score (nSPS) is 19.9. The number of carbonyl (C=O) groups is 1. The molecule has 1 aromatic rings. The van der Waals surface area contributed by atoms with Crippen molar-refractivity contribution in [3.63, 3.8) is 0 Å². The minimum Gasteiger partial charge on any atom is -0.478 e. The monoisotopic (exact) mass is 380 g/mol. The van der Waals surface area contributed by atoms with Gasteiger partial charge in [0.25, 0.3) is 0 Å². The molecule has 6 nitrogen and oxygen atoms in total. The average molecular weight is 381 g/mol. The van der Waals surface area contributed by atoms with Crippen LogP contribution >= 0.6 is 15.9 Å². The largest absolute Gasteiger partial charge is 0.478 e. The lowest BCUT2D eigenvalue weighted by atomic mass is 10.2. The van der Waals surface area contributed by atoms with Crippen molar-refractivity contribution in [3.05, 3.63) is 28.0 Å². The van der Waals surface area contributed by atoms with Crippen LogP contribution < -0.4 is 4.72 Å². The lowest BCUT2D eigenvalue weighted by molar-refractivity contribution is 0.0691. The van der Waals surface area contributed by atoms with Gasteiger partial charge in [-0.25, -0.2) is 22.3 Å². The fourth-order valence-electron chi connectivity index (χ4n) is 2.23. The number of likely N-dealkylation sites (N-methyl/N-ethyl adjacent to an activating group) is 1. The van der Waals surface area contributed by atoms with E-state index in [1.165, 1.54) is 0 Å². The predicted molar refractivity (Wildman–Crippen MR) is 77.3 cm³/mol. The van der Waals surface area contributed by atoms with Crippen molar-refractivity contribution in [1.82, 2.24) is 9.62 Å². The molecule has 0 radical (unpaired) electrons. The van der Waals surface area contributed by atoms with E-state index < -0.39 is 32.3 Å². The molecule has 1 atom stereocenters. The first-order valence-corrected chi connectivity index (χ1v) is 8.41. The number of hydrogen-bond acceptors (Lipinski definition) is 4. The fourth-order valence-corrected chi connectivity index (χ4v) is 4.23. The van der Waals surface area contributed by atoms with Gasteiger partial charge in [0, 0.05) is 17.1 Å². The van der Waals surface area contributed by atoms with Crippen molar-refractivity contribution in [2.24, 2.45) is 0 Å². The topological polar surface area (TPSA) is 86.7 Å². The number of hydrogen-bond donors (Lipinski definition) is 2. The van der Waals surface area contributed by atoms with Gasteiger partial charge >= 0.3 is 5.97 Å². The van der Waals surface area contributed by atoms with E-state index in [0.717, 1.165) is 18.7 Å². The molecule has 0 aromatic heterocycles. The van der Waals surface area contributed by atoms with Crippen molar-refractivity contribution in [1.29, 1.82) is 0 Å². The van der Waals surface area contributed by atoms with Crippen LogP contribution in [-0.2, 0) is 10.0 Å². The highest BCUT2D eigenvalue weighted by Gasteiger charge is 2.29. The van der Waals surface area contributed by atoms with E-state index in [4.69, 9.17) is 5.11 Å². The Morgan fingerprint density at radius 1 is 1.52 bits per heavy atom. The van der Waals surface area contributed by atoms with E-state index >= 15 is 0 Å². The molecule has 0 saturated carbocycles. The molecule has 0 amide bonds. The van der Waals surface area contributed by atoms with Gasteiger partial charge in [-0.1, -0.05) is 15.9 Å². The smallest absolute Gasteiger partial charge is 0.338 e. The number of aromatic carboxylic acids is 1. The highest BCUT2D eigenvalue weighted by atomic mass is 79.9. The quantitative estimate of drug-likeness (QED) is 0.821. The van der Waals surface area contributed by atoms with Crippen LogP contribution in [0.5, 0.6) is 0 Å². The van der Waals surface area contributed by atoms with Crippen LogP contribution in [0, 0.1) is 5.82 Å². The molecule has 2 N–H and O–H groups in total. The first-order chi connectivity index (χ1) is 9.70. The van der Waals surface area contributed by atoms with E-state index in [2.05, 4.69) is 20.7 Å². The molecule has 1 saturated heterocycles. The van der Waals surface area contributed by atoms with Crippen molar-refractivity contribution in [3.8, 4) is 0 Å². The van der Waals surface area contributed by atoms with Gasteiger partial charge in [-0.2, -0.15) is 0 Å². The van der Waals surface area contributed by atoms with Gasteiger partial charge in [0.15, 0.2) is 5.82 Å². The summed E-state index contributed by atoms with van der Waals surface area (Å²) in [5.41, 5.74) is -0.687. The Kier molecular flexibility index (Phi) is 4.66. The Hall–Kier alpha value is -1.03. The zero-order valence-electron chi connectivity index (χ0n) is 11.1. The second kappa shape index (κ2) is 5.99. The first-order valence-electron chi connectivity index (χ1n) is 6.14. The molecule has 0 aliphatic carbocycles. The van der Waals surface area contributed by atoms with E-state index in [0.29, 0.717) is 13.0 Å². The lowest BCUT2D eigenvalue weighted by Crippen LogP contribution is -2.37. The molecule has 9 heteroatoms. The maximum atomic E-state index is 14.1. The van der Waals surface area contributed by atoms with Crippen LogP contribution in [0.25, 0.3) is 0 Å². The number of sulfonamides is 1. The summed E-state index contributed by atoms with van der Waals surface area (Å²) < 4.78 is 41.2. The lowest BCUT2D eigenvalue weighted by Gasteiger charge is -2.14. The van der Waals surface area contributed by atoms with E-state index in [1.807, 2.05) is 11.9 Å². The highest BCUT2D eigenvalue weighted by Crippen LogP contribution is 2.25. The number of rotatable bonds is 4. The summed E-state index contributed by atoms with van der Waals surface area (Å²) in [4.78, 5) is 12.2. The number of carboxylic acid groups (broad SMARTS) is 1. The van der Waals surface area contributed by atoms with E-state index in [1.54, 1.807) is 0 Å². The summed E-state index contributed by atoms with van der Waals surface area (Å²) >= 11 is 3.00. The zero-order valence-corrected chi connectivity index (χ0v) is 13.5. The molecular formula is C12H14BrFN2O4S. The molecule has 0 bridgehead atoms. The Labute approximate surface area is 130 Å². The molecule has 1 aliphatic heterocycles. The number of nitrogens with one attached hydrogen (secondary N) is 1. The van der Waals surface area contributed by atoms with Crippen LogP contribution in [0.3, 0.4) is 0 Å². The van der Waals surface area contributed by atoms with Gasteiger partial charge in [-0.3, -0.25) is 0 Å². The third kappa shape index (κ3) is 3.60. The average Bonchev–Trinajstić information content (AvgIpc) is 2.76. The summed E-state index contributed by atoms with van der Waals surface area (Å²) in [6.45, 7) is 1.27. The van der Waals surface area contributed by atoms with Crippen LogP contribution in [0.2, 0.25) is 0 Å². The van der Waals surface area contributed by atoms with Crippen LogP contribution in [-0.4, -0.2) is 50.6 Å². The standard InChI is InChI=1S/C12H14BrFN2O4S/c1-16-3-2-8(6-16)15-21(19,20)10-5-7(13)4-9(11(10)14)12(17)18/h4-5,8,15H,2-3,6H2,1H3,(H,17,18). The summed E-state index contributed by atoms with van der Waals surface area (Å²) in [6.07, 6.45) is 0.622. The van der Waals surface area contributed by atoms with Gasteiger partial charge < -0.3 is 10.0 Å². The second-order valence-electron chi connectivity index (χ2n) is 4.94. The summed E-state index contributed by atoms with van der Waals surface area (Å²) in [6, 6.07) is 1.77. The maximum absolute atomic E-state index is 14.1. The minimum atomic E-state index is -4.12. The maximum Gasteiger partial charge on any atom is 0.338 e. The minimum absolute atomic E-state index is 0.185. The highest BCUT2D eigenvalue weighted by molar-refractivity contribution is 9.10. The number of likely N-dealkylation sites (tertiary alicyclic amines) is 1. The first kappa shape index (κ1) is 16.3. The number of carboxylic acids is 1. The van der Waals surface area contributed by atoms with Gasteiger partial charge in [0.1, 0.15) is 4.90 Å². The molecule has 1 unspecified atom stereocenters. The second-order valence-corrected chi connectivity index (χ2v) is 7.54. The van der Waals surface area contributed by atoms with Crippen molar-refractivity contribution < 1.29 is 22.7 Å². The number of nitrogens with zero attached hydrogens (tertiary/aromatic N) is 1. The molecule has 116 valence electrons. The van der Waals surface area contributed by atoms with Crippen molar-refractivity contribution in [2.45, 2.75) is 17.4 Å². The Morgan fingerprint density at radius 3 is 2.71 bits per heavy atom. The molecular weight excluding hydrogens is 367 g/mol. The number of halogens is 2. The van der Waals surface area contributed by atoms with Crippen LogP contribution in [0.4, 0.5) is 4.39 Å². The molecule has 21 heavy (non-hydrogen) atoms. The van der Waals surface area contributed by atoms with Crippen LogP contribution in [0.1, 0.15) is 16.8 Å². The van der Waals surface area contributed by atoms with Crippen LogP contribution in [0.15, 0.2) is 21.5 Å². The molecule has 1 aliphatic rings. The van der Waals surface area contributed by atoms with Gasteiger partial charge in [-0.15, -0.1) is 0 Å². The fraction of sp³-hybridized carbons (Fsp3) is 0.417. The van der Waals surface area contributed by atoms with E-state index in [9.17, 15) is 17.6 Å². The molecule has 1 fully saturated rings. The molecule has 1 heterocycles. The van der Waals surface area contributed by atoms with Gasteiger partial charge in [0.2, 0.25) is 10.0 Å².